The predicted octanol–water partition coefficient (Wildman–Crippen LogP) is 6.36. The molecule has 0 atom stereocenters. The van der Waals surface area contributed by atoms with Gasteiger partial charge in [0.05, 0.1) is 22.8 Å². The first kappa shape index (κ1) is 20.2. The Labute approximate surface area is 186 Å². The molecule has 1 aliphatic rings. The van der Waals surface area contributed by atoms with Crippen molar-refractivity contribution in [3.05, 3.63) is 69.6 Å². The topological polar surface area (TPSA) is 55.3 Å². The van der Waals surface area contributed by atoms with Gasteiger partial charge >= 0.3 is 0 Å². The molecule has 5 nitrogen and oxygen atoms in total. The van der Waals surface area contributed by atoms with E-state index in [4.69, 9.17) is 13.9 Å². The highest BCUT2D eigenvalue weighted by Gasteiger charge is 2.25. The van der Waals surface area contributed by atoms with Crippen LogP contribution in [0.5, 0.6) is 0 Å². The predicted molar refractivity (Wildman–Crippen MR) is 123 cm³/mol. The number of likely N-dealkylation sites (tertiary alicyclic amines) is 1. The Hall–Kier alpha value is -2.70. The monoisotopic (exact) mass is 433 g/mol. The standard InChI is InChI=1S/C25H27N3O2S/c1-16-13-21(29-17(16)2)14-28-11-9-20(10-12-28)25-26-22(15-31-25)23-18(3)30-27-24(23)19-7-5-4-6-8-19/h4-8,13,15,20H,9-12,14H2,1-3H3. The minimum Gasteiger partial charge on any atom is -0.465 e. The summed E-state index contributed by atoms with van der Waals surface area (Å²) in [6, 6.07) is 12.3. The number of furan rings is 1. The van der Waals surface area contributed by atoms with Gasteiger partial charge in [-0.1, -0.05) is 35.5 Å². The molecule has 0 spiro atoms. The summed E-state index contributed by atoms with van der Waals surface area (Å²) in [6.07, 6.45) is 2.25. The van der Waals surface area contributed by atoms with Crippen LogP contribution in [0, 0.1) is 20.8 Å². The fourth-order valence-corrected chi connectivity index (χ4v) is 5.32. The van der Waals surface area contributed by atoms with E-state index in [0.717, 1.165) is 72.3 Å². The Morgan fingerprint density at radius 2 is 1.84 bits per heavy atom. The van der Waals surface area contributed by atoms with Gasteiger partial charge in [-0.3, -0.25) is 4.90 Å². The number of aryl methyl sites for hydroxylation is 3. The van der Waals surface area contributed by atoms with Crippen molar-refractivity contribution in [3.63, 3.8) is 0 Å². The lowest BCUT2D eigenvalue weighted by Crippen LogP contribution is -2.32. The van der Waals surface area contributed by atoms with E-state index in [0.29, 0.717) is 5.92 Å². The summed E-state index contributed by atoms with van der Waals surface area (Å²) in [5.41, 5.74) is 5.14. The summed E-state index contributed by atoms with van der Waals surface area (Å²) in [5, 5.41) is 7.69. The van der Waals surface area contributed by atoms with E-state index in [1.807, 2.05) is 32.0 Å². The van der Waals surface area contributed by atoms with Crippen molar-refractivity contribution >= 4 is 11.3 Å². The molecule has 1 aliphatic heterocycles. The van der Waals surface area contributed by atoms with Crippen LogP contribution in [0.2, 0.25) is 0 Å². The second-order valence-corrected chi connectivity index (χ2v) is 9.29. The largest absolute Gasteiger partial charge is 0.465 e. The van der Waals surface area contributed by atoms with Crippen LogP contribution in [0.25, 0.3) is 22.5 Å². The normalized spacial score (nSPS) is 15.6. The zero-order valence-electron chi connectivity index (χ0n) is 18.2. The maximum Gasteiger partial charge on any atom is 0.143 e. The van der Waals surface area contributed by atoms with E-state index in [1.165, 1.54) is 10.6 Å². The van der Waals surface area contributed by atoms with Gasteiger partial charge in [-0.25, -0.2) is 4.98 Å². The van der Waals surface area contributed by atoms with Crippen molar-refractivity contribution in [1.82, 2.24) is 15.0 Å². The second-order valence-electron chi connectivity index (χ2n) is 8.40. The number of piperidine rings is 1. The van der Waals surface area contributed by atoms with Crippen LogP contribution in [-0.2, 0) is 6.54 Å². The molecule has 1 saturated heterocycles. The molecule has 31 heavy (non-hydrogen) atoms. The molecule has 3 aromatic heterocycles. The minimum absolute atomic E-state index is 0.510. The minimum atomic E-state index is 0.510. The molecular weight excluding hydrogens is 406 g/mol. The molecule has 1 aromatic carbocycles. The Bertz CT molecular complexity index is 1150. The second kappa shape index (κ2) is 8.44. The summed E-state index contributed by atoms with van der Waals surface area (Å²) >= 11 is 1.76. The van der Waals surface area contributed by atoms with Crippen LogP contribution in [0.4, 0.5) is 0 Å². The highest BCUT2D eigenvalue weighted by molar-refractivity contribution is 7.10. The van der Waals surface area contributed by atoms with Crippen LogP contribution in [0.3, 0.4) is 0 Å². The van der Waals surface area contributed by atoms with Crippen molar-refractivity contribution in [2.24, 2.45) is 0 Å². The number of hydrogen-bond donors (Lipinski definition) is 0. The molecule has 0 radical (unpaired) electrons. The first-order valence-corrected chi connectivity index (χ1v) is 11.7. The first-order valence-electron chi connectivity index (χ1n) is 10.8. The average molecular weight is 434 g/mol. The van der Waals surface area contributed by atoms with E-state index >= 15 is 0 Å². The van der Waals surface area contributed by atoms with Crippen LogP contribution in [0.1, 0.15) is 46.6 Å². The van der Waals surface area contributed by atoms with Crippen molar-refractivity contribution in [2.45, 2.75) is 46.1 Å². The summed E-state index contributed by atoms with van der Waals surface area (Å²) in [7, 11) is 0. The summed E-state index contributed by atoms with van der Waals surface area (Å²) < 4.78 is 11.4. The van der Waals surface area contributed by atoms with Crippen LogP contribution in [-0.4, -0.2) is 28.1 Å². The third-order valence-corrected chi connectivity index (χ3v) is 7.23. The average Bonchev–Trinajstić information content (AvgIpc) is 3.48. The van der Waals surface area contributed by atoms with E-state index < -0.39 is 0 Å². The van der Waals surface area contributed by atoms with Crippen molar-refractivity contribution in [3.8, 4) is 22.5 Å². The summed E-state index contributed by atoms with van der Waals surface area (Å²) in [4.78, 5) is 7.52. The molecule has 0 unspecified atom stereocenters. The first-order chi connectivity index (χ1) is 15.1. The zero-order valence-corrected chi connectivity index (χ0v) is 19.0. The fraction of sp³-hybridized carbons (Fsp3) is 0.360. The Kier molecular flexibility index (Phi) is 5.50. The van der Waals surface area contributed by atoms with Gasteiger partial charge in [0.25, 0.3) is 0 Å². The van der Waals surface area contributed by atoms with E-state index in [9.17, 15) is 0 Å². The maximum absolute atomic E-state index is 5.87. The molecule has 5 rings (SSSR count). The highest BCUT2D eigenvalue weighted by Crippen LogP contribution is 2.38. The molecular formula is C25H27N3O2S. The number of aromatic nitrogens is 2. The lowest BCUT2D eigenvalue weighted by molar-refractivity contribution is 0.190. The highest BCUT2D eigenvalue weighted by atomic mass is 32.1. The van der Waals surface area contributed by atoms with E-state index in [1.54, 1.807) is 11.3 Å². The fourth-order valence-electron chi connectivity index (χ4n) is 4.34. The molecule has 6 heteroatoms. The van der Waals surface area contributed by atoms with Crippen LogP contribution in [0.15, 0.2) is 50.7 Å². The lowest BCUT2D eigenvalue weighted by atomic mass is 9.97. The van der Waals surface area contributed by atoms with E-state index in [-0.39, 0.29) is 0 Å². The molecule has 0 bridgehead atoms. The van der Waals surface area contributed by atoms with Crippen LogP contribution >= 0.6 is 11.3 Å². The third kappa shape index (κ3) is 4.10. The lowest BCUT2D eigenvalue weighted by Gasteiger charge is -2.30. The van der Waals surface area contributed by atoms with Gasteiger partial charge in [0, 0.05) is 16.9 Å². The molecule has 4 heterocycles. The molecule has 1 fully saturated rings. The Morgan fingerprint density at radius 3 is 2.55 bits per heavy atom. The SMILES string of the molecule is Cc1cc(CN2CCC(c3nc(-c4c(-c5ccccc5)noc4C)cs3)CC2)oc1C. The smallest absolute Gasteiger partial charge is 0.143 e. The number of rotatable bonds is 5. The number of thiazole rings is 1. The van der Waals surface area contributed by atoms with Crippen LogP contribution < -0.4 is 0 Å². The Morgan fingerprint density at radius 1 is 1.06 bits per heavy atom. The van der Waals surface area contributed by atoms with Crippen molar-refractivity contribution in [1.29, 1.82) is 0 Å². The van der Waals surface area contributed by atoms with Gasteiger partial charge in [0.15, 0.2) is 0 Å². The molecule has 0 aliphatic carbocycles. The number of hydrogen-bond acceptors (Lipinski definition) is 6. The summed E-state index contributed by atoms with van der Waals surface area (Å²) in [5.74, 6) is 3.42. The maximum atomic E-state index is 5.87. The van der Waals surface area contributed by atoms with Crippen molar-refractivity contribution in [2.75, 3.05) is 13.1 Å². The van der Waals surface area contributed by atoms with Crippen molar-refractivity contribution < 1.29 is 8.94 Å². The third-order valence-electron chi connectivity index (χ3n) is 6.22. The zero-order chi connectivity index (χ0) is 21.4. The number of benzene rings is 1. The molecule has 0 N–H and O–H groups in total. The molecule has 0 amide bonds. The van der Waals surface area contributed by atoms with Gasteiger partial charge in [0.1, 0.15) is 23.0 Å². The van der Waals surface area contributed by atoms with Gasteiger partial charge in [-0.05, 0) is 58.3 Å². The quantitative estimate of drug-likeness (QED) is 0.366. The van der Waals surface area contributed by atoms with Gasteiger partial charge in [-0.15, -0.1) is 11.3 Å². The Balaban J connectivity index is 1.29. The summed E-state index contributed by atoms with van der Waals surface area (Å²) in [6.45, 7) is 9.13. The van der Waals surface area contributed by atoms with Gasteiger partial charge < -0.3 is 8.94 Å². The molecule has 4 aromatic rings. The van der Waals surface area contributed by atoms with E-state index in [2.05, 4.69) is 40.6 Å². The molecule has 0 saturated carbocycles. The van der Waals surface area contributed by atoms with Gasteiger partial charge in [0.2, 0.25) is 0 Å². The number of nitrogens with zero attached hydrogens (tertiary/aromatic N) is 3. The molecule has 160 valence electrons. The van der Waals surface area contributed by atoms with Gasteiger partial charge in [-0.2, -0.15) is 0 Å².